The molecule has 1 rings (SSSR count). The van der Waals surface area contributed by atoms with Crippen LogP contribution in [0, 0.1) is 12.3 Å². The van der Waals surface area contributed by atoms with E-state index in [1.807, 2.05) is 0 Å². The van der Waals surface area contributed by atoms with E-state index in [1.165, 1.54) is 26.3 Å². The number of aromatic carboxylic acids is 1. The standard InChI is InChI=1S/C12H13NO5S/c1-4-7-13(2)19(16,17)11-8-9(12(14)15)5-6-10(11)18-3/h1,5-6,8H,7H2,2-3H3,(H,14,15). The highest BCUT2D eigenvalue weighted by Crippen LogP contribution is 2.27. The van der Waals surface area contributed by atoms with E-state index in [0.717, 1.165) is 10.4 Å². The Morgan fingerprint density at radius 3 is 2.63 bits per heavy atom. The van der Waals surface area contributed by atoms with Crippen LogP contribution in [0.1, 0.15) is 10.4 Å². The summed E-state index contributed by atoms with van der Waals surface area (Å²) in [5.41, 5.74) is -0.145. The summed E-state index contributed by atoms with van der Waals surface area (Å²) >= 11 is 0. The van der Waals surface area contributed by atoms with Crippen molar-refractivity contribution < 1.29 is 23.1 Å². The number of hydrogen-bond donors (Lipinski definition) is 1. The van der Waals surface area contributed by atoms with Crippen molar-refractivity contribution in [3.63, 3.8) is 0 Å². The summed E-state index contributed by atoms with van der Waals surface area (Å²) in [5.74, 6) is 1.05. The van der Waals surface area contributed by atoms with Crippen LogP contribution in [0.25, 0.3) is 0 Å². The molecule has 0 fully saturated rings. The van der Waals surface area contributed by atoms with Crippen LogP contribution in [-0.4, -0.2) is 44.5 Å². The van der Waals surface area contributed by atoms with Gasteiger partial charge in [0, 0.05) is 7.05 Å². The molecule has 0 unspecified atom stereocenters. The van der Waals surface area contributed by atoms with Crippen LogP contribution < -0.4 is 4.74 Å². The van der Waals surface area contributed by atoms with Gasteiger partial charge in [0.2, 0.25) is 10.0 Å². The molecule has 6 nitrogen and oxygen atoms in total. The molecule has 0 aliphatic carbocycles. The maximum atomic E-state index is 12.2. The Labute approximate surface area is 111 Å². The molecule has 0 bridgehead atoms. The third kappa shape index (κ3) is 3.05. The first-order chi connectivity index (χ1) is 8.84. The molecule has 102 valence electrons. The molecule has 1 aromatic carbocycles. The first-order valence-corrected chi connectivity index (χ1v) is 6.59. The minimum Gasteiger partial charge on any atom is -0.495 e. The highest BCUT2D eigenvalue weighted by molar-refractivity contribution is 7.89. The number of carboxylic acids is 1. The average Bonchev–Trinajstić information content (AvgIpc) is 2.38. The van der Waals surface area contributed by atoms with Crippen molar-refractivity contribution in [1.82, 2.24) is 4.31 Å². The van der Waals surface area contributed by atoms with Crippen LogP contribution in [0.4, 0.5) is 0 Å². The fourth-order valence-electron chi connectivity index (χ4n) is 1.39. The van der Waals surface area contributed by atoms with Gasteiger partial charge in [-0.1, -0.05) is 5.92 Å². The summed E-state index contributed by atoms with van der Waals surface area (Å²) < 4.78 is 30.4. The van der Waals surface area contributed by atoms with Crippen molar-refractivity contribution in [2.75, 3.05) is 20.7 Å². The molecule has 0 aliphatic rings. The van der Waals surface area contributed by atoms with Crippen LogP contribution in [0.2, 0.25) is 0 Å². The first-order valence-electron chi connectivity index (χ1n) is 5.15. The number of nitrogens with zero attached hydrogens (tertiary/aromatic N) is 1. The summed E-state index contributed by atoms with van der Waals surface area (Å²) in [5, 5.41) is 8.90. The van der Waals surface area contributed by atoms with Gasteiger partial charge in [-0.15, -0.1) is 6.42 Å². The van der Waals surface area contributed by atoms with Crippen molar-refractivity contribution in [3.05, 3.63) is 23.8 Å². The summed E-state index contributed by atoms with van der Waals surface area (Å²) in [6, 6.07) is 3.60. The van der Waals surface area contributed by atoms with Gasteiger partial charge < -0.3 is 9.84 Å². The predicted octanol–water partition coefficient (Wildman–Crippen LogP) is 0.647. The SMILES string of the molecule is C#CCN(C)S(=O)(=O)c1cc(C(=O)O)ccc1OC. The number of ether oxygens (including phenoxy) is 1. The molecule has 0 saturated heterocycles. The maximum Gasteiger partial charge on any atom is 0.335 e. The van der Waals surface area contributed by atoms with Gasteiger partial charge in [0.1, 0.15) is 10.6 Å². The van der Waals surface area contributed by atoms with E-state index in [4.69, 9.17) is 16.3 Å². The molecule has 1 N–H and O–H groups in total. The van der Waals surface area contributed by atoms with Crippen LogP contribution >= 0.6 is 0 Å². The molecule has 0 aromatic heterocycles. The molecule has 0 amide bonds. The topological polar surface area (TPSA) is 83.9 Å². The second-order valence-electron chi connectivity index (χ2n) is 3.64. The summed E-state index contributed by atoms with van der Waals surface area (Å²) in [6.45, 7) is -0.122. The minimum atomic E-state index is -3.90. The average molecular weight is 283 g/mol. The van der Waals surface area contributed by atoms with E-state index < -0.39 is 16.0 Å². The molecule has 0 heterocycles. The van der Waals surface area contributed by atoms with E-state index in [1.54, 1.807) is 0 Å². The Hall–Kier alpha value is -2.04. The smallest absolute Gasteiger partial charge is 0.335 e. The van der Waals surface area contributed by atoms with Gasteiger partial charge in [-0.25, -0.2) is 13.2 Å². The van der Waals surface area contributed by atoms with Gasteiger partial charge >= 0.3 is 5.97 Å². The lowest BCUT2D eigenvalue weighted by atomic mass is 10.2. The number of carboxylic acid groups (broad SMARTS) is 1. The zero-order valence-corrected chi connectivity index (χ0v) is 11.3. The normalized spacial score (nSPS) is 11.1. The molecule has 0 spiro atoms. The van der Waals surface area contributed by atoms with Gasteiger partial charge in [0.25, 0.3) is 0 Å². The van der Waals surface area contributed by atoms with Gasteiger partial charge in [-0.05, 0) is 18.2 Å². The lowest BCUT2D eigenvalue weighted by Crippen LogP contribution is -2.27. The van der Waals surface area contributed by atoms with Crippen molar-refractivity contribution in [2.24, 2.45) is 0 Å². The first kappa shape index (κ1) is 15.0. The zero-order chi connectivity index (χ0) is 14.6. The number of sulfonamides is 1. The lowest BCUT2D eigenvalue weighted by molar-refractivity contribution is 0.0696. The van der Waals surface area contributed by atoms with E-state index in [0.29, 0.717) is 0 Å². The van der Waals surface area contributed by atoms with Crippen LogP contribution in [0.3, 0.4) is 0 Å². The number of hydrogen-bond acceptors (Lipinski definition) is 4. The lowest BCUT2D eigenvalue weighted by Gasteiger charge is -2.16. The number of terminal acetylenes is 1. The Morgan fingerprint density at radius 2 is 2.16 bits per heavy atom. The molecule has 7 heteroatoms. The fourth-order valence-corrected chi connectivity index (χ4v) is 2.65. The second kappa shape index (κ2) is 5.73. The highest BCUT2D eigenvalue weighted by Gasteiger charge is 2.25. The van der Waals surface area contributed by atoms with E-state index in [-0.39, 0.29) is 22.8 Å². The van der Waals surface area contributed by atoms with Crippen LogP contribution in [0.15, 0.2) is 23.1 Å². The van der Waals surface area contributed by atoms with Crippen LogP contribution in [-0.2, 0) is 10.0 Å². The van der Waals surface area contributed by atoms with Crippen molar-refractivity contribution >= 4 is 16.0 Å². The van der Waals surface area contributed by atoms with Crippen molar-refractivity contribution in [2.45, 2.75) is 4.90 Å². The van der Waals surface area contributed by atoms with Crippen molar-refractivity contribution in [1.29, 1.82) is 0 Å². The highest BCUT2D eigenvalue weighted by atomic mass is 32.2. The van der Waals surface area contributed by atoms with Gasteiger partial charge in [-0.3, -0.25) is 0 Å². The maximum absolute atomic E-state index is 12.2. The Balaban J connectivity index is 3.43. The third-order valence-electron chi connectivity index (χ3n) is 2.41. The van der Waals surface area contributed by atoms with Crippen molar-refractivity contribution in [3.8, 4) is 18.1 Å². The van der Waals surface area contributed by atoms with Crippen LogP contribution in [0.5, 0.6) is 5.75 Å². The Kier molecular flexibility index (Phi) is 4.53. The molecule has 19 heavy (non-hydrogen) atoms. The van der Waals surface area contributed by atoms with E-state index in [9.17, 15) is 13.2 Å². The zero-order valence-electron chi connectivity index (χ0n) is 10.5. The molecule has 0 radical (unpaired) electrons. The largest absolute Gasteiger partial charge is 0.495 e. The molecule has 0 aliphatic heterocycles. The number of carbonyl (C=O) groups is 1. The summed E-state index contributed by atoms with van der Waals surface area (Å²) in [7, 11) is -1.29. The van der Waals surface area contributed by atoms with Gasteiger partial charge in [0.05, 0.1) is 19.2 Å². The van der Waals surface area contributed by atoms with E-state index >= 15 is 0 Å². The number of methoxy groups -OCH3 is 1. The molecular formula is C12H13NO5S. The molecule has 0 atom stereocenters. The Bertz CT molecular complexity index is 630. The summed E-state index contributed by atoms with van der Waals surface area (Å²) in [6.07, 6.45) is 5.07. The monoisotopic (exact) mass is 283 g/mol. The number of benzene rings is 1. The second-order valence-corrected chi connectivity index (χ2v) is 5.65. The van der Waals surface area contributed by atoms with Gasteiger partial charge in [-0.2, -0.15) is 4.31 Å². The van der Waals surface area contributed by atoms with Gasteiger partial charge in [0.15, 0.2) is 0 Å². The third-order valence-corrected chi connectivity index (χ3v) is 4.24. The molecular weight excluding hydrogens is 270 g/mol. The number of rotatable bonds is 5. The fraction of sp³-hybridized carbons (Fsp3) is 0.250. The Morgan fingerprint density at radius 1 is 1.53 bits per heavy atom. The molecule has 0 saturated carbocycles. The molecule has 1 aromatic rings. The van der Waals surface area contributed by atoms with E-state index in [2.05, 4.69) is 5.92 Å². The quantitative estimate of drug-likeness (QED) is 0.802. The summed E-state index contributed by atoms with van der Waals surface area (Å²) in [4.78, 5) is 10.7. The predicted molar refractivity (Wildman–Crippen MR) is 68.6 cm³/mol. The minimum absolute atomic E-state index is 0.0638.